The van der Waals surface area contributed by atoms with Crippen molar-refractivity contribution >= 4 is 5.57 Å². The van der Waals surface area contributed by atoms with Crippen LogP contribution >= 0.6 is 0 Å². The van der Waals surface area contributed by atoms with E-state index in [2.05, 4.69) is 114 Å². The van der Waals surface area contributed by atoms with Crippen LogP contribution in [0, 0.1) is 12.8 Å². The van der Waals surface area contributed by atoms with Gasteiger partial charge in [0.1, 0.15) is 0 Å². The molecule has 0 amide bonds. The van der Waals surface area contributed by atoms with Crippen molar-refractivity contribution < 1.29 is 0 Å². The number of aryl methyl sites for hydroxylation is 1. The van der Waals surface area contributed by atoms with E-state index in [-0.39, 0.29) is 20.3 Å². The Bertz CT molecular complexity index is 1040. The van der Waals surface area contributed by atoms with Crippen molar-refractivity contribution in [3.63, 3.8) is 0 Å². The van der Waals surface area contributed by atoms with Gasteiger partial charge in [-0.3, -0.25) is 0 Å². The normalized spacial score (nSPS) is 23.3. The van der Waals surface area contributed by atoms with Gasteiger partial charge in [-0.25, -0.2) is 0 Å². The molecule has 0 bridgehead atoms. The number of fused-ring (bicyclic) bond motifs is 2. The van der Waals surface area contributed by atoms with Crippen molar-refractivity contribution in [1.29, 1.82) is 0 Å². The smallest absolute Gasteiger partial charge is 0.0224 e. The van der Waals surface area contributed by atoms with E-state index in [1.54, 1.807) is 5.56 Å². The minimum absolute atomic E-state index is 0. The number of hydrogen-bond acceptors (Lipinski definition) is 0. The van der Waals surface area contributed by atoms with Gasteiger partial charge in [0.05, 0.1) is 0 Å². The van der Waals surface area contributed by atoms with Crippen molar-refractivity contribution in [3.8, 4) is 0 Å². The first kappa shape index (κ1) is 37.6. The highest BCUT2D eigenvalue weighted by molar-refractivity contribution is 5.90. The summed E-state index contributed by atoms with van der Waals surface area (Å²) >= 11 is 0. The summed E-state index contributed by atoms with van der Waals surface area (Å²) in [7, 11) is 0. The molecule has 2 aromatic carbocycles. The van der Waals surface area contributed by atoms with E-state index in [1.807, 2.05) is 41.5 Å². The second-order valence-electron chi connectivity index (χ2n) is 8.86. The maximum absolute atomic E-state index is 2.46. The minimum atomic E-state index is 0. The van der Waals surface area contributed by atoms with Gasteiger partial charge in [-0.2, -0.15) is 0 Å². The van der Waals surface area contributed by atoms with Crippen LogP contribution in [0.4, 0.5) is 0 Å². The lowest BCUT2D eigenvalue weighted by atomic mass is 9.74. The van der Waals surface area contributed by atoms with Crippen molar-refractivity contribution in [3.05, 3.63) is 112 Å². The van der Waals surface area contributed by atoms with Crippen LogP contribution < -0.4 is 0 Å². The fourth-order valence-corrected chi connectivity index (χ4v) is 6.17. The van der Waals surface area contributed by atoms with Crippen LogP contribution in [-0.4, -0.2) is 0 Å². The van der Waals surface area contributed by atoms with E-state index in [1.165, 1.54) is 46.3 Å². The Morgan fingerprint density at radius 2 is 1.39 bits per heavy atom. The highest BCUT2D eigenvalue weighted by atomic mass is 14.6. The third-order valence-corrected chi connectivity index (χ3v) is 7.33. The molecule has 0 heteroatoms. The Hall–Kier alpha value is -2.60. The number of allylic oxidation sites excluding steroid dienone is 8. The first-order chi connectivity index (χ1) is 17.6. The molecule has 0 saturated heterocycles. The van der Waals surface area contributed by atoms with Gasteiger partial charge < -0.3 is 0 Å². The maximum atomic E-state index is 2.46. The van der Waals surface area contributed by atoms with Crippen LogP contribution in [0.5, 0.6) is 0 Å². The van der Waals surface area contributed by atoms with E-state index in [9.17, 15) is 0 Å². The number of rotatable bonds is 3. The molecular weight excluding hydrogens is 456 g/mol. The molecule has 2 aliphatic carbocycles. The van der Waals surface area contributed by atoms with Gasteiger partial charge in [0.15, 0.2) is 0 Å². The first-order valence-corrected chi connectivity index (χ1v) is 14.4. The molecule has 3 unspecified atom stereocenters. The van der Waals surface area contributed by atoms with Gasteiger partial charge in [0.2, 0.25) is 0 Å². The molecule has 2 aliphatic rings. The van der Waals surface area contributed by atoms with Gasteiger partial charge in [-0.15, -0.1) is 0 Å². The largest absolute Gasteiger partial charge is 0.0874 e. The Balaban J connectivity index is 0. The van der Waals surface area contributed by atoms with Gasteiger partial charge in [-0.05, 0) is 92.7 Å². The molecule has 212 valence electrons. The molecule has 0 heterocycles. The third kappa shape index (κ3) is 7.28. The average Bonchev–Trinajstić information content (AvgIpc) is 3.46. The van der Waals surface area contributed by atoms with Gasteiger partial charge in [-0.1, -0.05) is 141 Å². The number of benzene rings is 2. The second kappa shape index (κ2) is 18.6. The molecule has 0 nitrogen and oxygen atoms in total. The molecule has 4 rings (SSSR count). The lowest BCUT2D eigenvalue weighted by Gasteiger charge is -2.28. The quantitative estimate of drug-likeness (QED) is 0.356. The number of hydrogen-bond donors (Lipinski definition) is 0. The molecule has 0 aliphatic heterocycles. The summed E-state index contributed by atoms with van der Waals surface area (Å²) < 4.78 is 0. The predicted molar refractivity (Wildman–Crippen MR) is 178 cm³/mol. The monoisotopic (exact) mass is 516 g/mol. The molecular formula is C38H60. The van der Waals surface area contributed by atoms with Crippen molar-refractivity contribution in [1.82, 2.24) is 0 Å². The summed E-state index contributed by atoms with van der Waals surface area (Å²) in [5.74, 6) is 1.04. The van der Waals surface area contributed by atoms with E-state index in [4.69, 9.17) is 0 Å². The zero-order valence-electron chi connectivity index (χ0n) is 25.1. The molecule has 2 aromatic rings. The molecule has 3 atom stereocenters. The van der Waals surface area contributed by atoms with Gasteiger partial charge in [0.25, 0.3) is 0 Å². The van der Waals surface area contributed by atoms with Crippen LogP contribution in [0.25, 0.3) is 5.57 Å². The standard InChI is InChI=1S/C30H34.3C2H6.2CH4/c1-6-13-22(7-2)26-19-30(20-27(26)23-14-11-10-12-15-23)28(9-4)24(8-3)25-17-16-21(5)18-29(25)30;3*1-2;;/h6-18,26-27H,19-20H2,1-5H3;3*1-2H3;2*1H4/b13-6-,22-7+,24-8-,28-9+;;;;;. The molecule has 38 heavy (non-hydrogen) atoms. The van der Waals surface area contributed by atoms with Crippen molar-refractivity contribution in [2.24, 2.45) is 5.92 Å². The van der Waals surface area contributed by atoms with Crippen LogP contribution in [-0.2, 0) is 5.41 Å². The lowest BCUT2D eigenvalue weighted by Crippen LogP contribution is -2.22. The summed E-state index contributed by atoms with van der Waals surface area (Å²) in [6.45, 7) is 23.0. The first-order valence-electron chi connectivity index (χ1n) is 14.4. The summed E-state index contributed by atoms with van der Waals surface area (Å²) in [5.41, 5.74) is 10.4. The van der Waals surface area contributed by atoms with Crippen LogP contribution in [0.2, 0.25) is 0 Å². The Morgan fingerprint density at radius 3 is 1.89 bits per heavy atom. The van der Waals surface area contributed by atoms with E-state index >= 15 is 0 Å². The summed E-state index contributed by atoms with van der Waals surface area (Å²) in [6, 6.07) is 18.3. The highest BCUT2D eigenvalue weighted by Gasteiger charge is 2.53. The molecule has 1 fully saturated rings. The molecule has 0 N–H and O–H groups in total. The Kier molecular flexibility index (Phi) is 18.4. The van der Waals surface area contributed by atoms with Crippen molar-refractivity contribution in [2.45, 2.75) is 115 Å². The van der Waals surface area contributed by atoms with Crippen LogP contribution in [0.1, 0.15) is 125 Å². The summed E-state index contributed by atoms with van der Waals surface area (Å²) in [5, 5.41) is 0. The zero-order chi connectivity index (χ0) is 27.3. The molecule has 1 spiro atoms. The predicted octanol–water partition coefficient (Wildman–Crippen LogP) is 12.7. The molecule has 0 radical (unpaired) electrons. The average molecular weight is 517 g/mol. The van der Waals surface area contributed by atoms with E-state index in [0.29, 0.717) is 11.8 Å². The third-order valence-electron chi connectivity index (χ3n) is 7.33. The topological polar surface area (TPSA) is 0 Å². The fourth-order valence-electron chi connectivity index (χ4n) is 6.17. The lowest BCUT2D eigenvalue weighted by molar-refractivity contribution is 0.525. The van der Waals surface area contributed by atoms with Crippen molar-refractivity contribution in [2.75, 3.05) is 0 Å². The van der Waals surface area contributed by atoms with Gasteiger partial charge in [0, 0.05) is 5.41 Å². The Labute approximate surface area is 238 Å². The minimum Gasteiger partial charge on any atom is -0.0874 e. The molecule has 1 saturated carbocycles. The van der Waals surface area contributed by atoms with E-state index < -0.39 is 0 Å². The Morgan fingerprint density at radius 1 is 0.789 bits per heavy atom. The molecule has 0 aromatic heterocycles. The highest BCUT2D eigenvalue weighted by Crippen LogP contribution is 2.64. The summed E-state index contributed by atoms with van der Waals surface area (Å²) in [6.07, 6.45) is 13.9. The second-order valence-corrected chi connectivity index (χ2v) is 8.86. The maximum Gasteiger partial charge on any atom is 0.0224 e. The zero-order valence-corrected chi connectivity index (χ0v) is 25.1. The summed E-state index contributed by atoms with van der Waals surface area (Å²) in [4.78, 5) is 0. The van der Waals surface area contributed by atoms with E-state index in [0.717, 1.165) is 0 Å². The van der Waals surface area contributed by atoms with Crippen LogP contribution in [0.3, 0.4) is 0 Å². The van der Waals surface area contributed by atoms with Gasteiger partial charge >= 0.3 is 0 Å². The fraction of sp³-hybridized carbons (Fsp3) is 0.474. The van der Waals surface area contributed by atoms with Crippen LogP contribution in [0.15, 0.2) is 90.1 Å². The SMILES string of the molecule is C.C.C/C=C\C(=C/C)C1CC2(CC1c1ccccc1)C(=C/C)/C(=C\C)c1ccc(C)cc12.CC.CC.CC.